The molecule has 5 heteroatoms. The van der Waals surface area contributed by atoms with Gasteiger partial charge in [0.15, 0.2) is 0 Å². The van der Waals surface area contributed by atoms with Crippen LogP contribution in [0.3, 0.4) is 0 Å². The number of nitriles is 1. The lowest BCUT2D eigenvalue weighted by Crippen LogP contribution is -2.33. The highest BCUT2D eigenvalue weighted by molar-refractivity contribution is 5.75. The lowest BCUT2D eigenvalue weighted by atomic mass is 10.0. The maximum absolute atomic E-state index is 11.1. The van der Waals surface area contributed by atoms with E-state index >= 15 is 0 Å². The molecule has 0 fully saturated rings. The average Bonchev–Trinajstić information content (AvgIpc) is 2.28. The molecule has 0 unspecified atom stereocenters. The van der Waals surface area contributed by atoms with Crippen molar-refractivity contribution in [3.63, 3.8) is 0 Å². The number of nitrogens with zero attached hydrogens (tertiary/aromatic N) is 2. The van der Waals surface area contributed by atoms with E-state index in [4.69, 9.17) is 11.0 Å². The topological polar surface area (TPSA) is 89.0 Å². The Morgan fingerprint density at radius 2 is 2.53 bits per heavy atom. The maximum Gasteiger partial charge on any atom is 0.322 e. The molecule has 1 aromatic rings. The molecule has 0 aliphatic heterocycles. The van der Waals surface area contributed by atoms with Crippen LogP contribution in [0.1, 0.15) is 11.1 Å². The third-order valence-corrected chi connectivity index (χ3v) is 1.97. The third kappa shape index (κ3) is 2.76. The summed E-state index contributed by atoms with van der Waals surface area (Å²) in [7, 11) is 1.27. The smallest absolute Gasteiger partial charge is 0.322 e. The van der Waals surface area contributed by atoms with E-state index < -0.39 is 12.0 Å². The number of aromatic nitrogens is 1. The van der Waals surface area contributed by atoms with Crippen LogP contribution >= 0.6 is 0 Å². The van der Waals surface area contributed by atoms with Gasteiger partial charge in [0.25, 0.3) is 0 Å². The van der Waals surface area contributed by atoms with E-state index in [2.05, 4.69) is 9.72 Å². The van der Waals surface area contributed by atoms with Gasteiger partial charge in [0.05, 0.1) is 18.7 Å². The van der Waals surface area contributed by atoms with Crippen LogP contribution in [-0.2, 0) is 16.0 Å². The highest BCUT2D eigenvalue weighted by atomic mass is 16.5. The number of pyridine rings is 1. The fourth-order valence-corrected chi connectivity index (χ4v) is 1.17. The molecule has 78 valence electrons. The molecule has 0 saturated carbocycles. The van der Waals surface area contributed by atoms with Crippen molar-refractivity contribution < 1.29 is 9.53 Å². The molecule has 1 aromatic heterocycles. The van der Waals surface area contributed by atoms with Crippen LogP contribution in [0.4, 0.5) is 0 Å². The minimum Gasteiger partial charge on any atom is -0.468 e. The zero-order valence-corrected chi connectivity index (χ0v) is 8.30. The summed E-state index contributed by atoms with van der Waals surface area (Å²) in [5, 5.41) is 8.79. The Bertz CT molecular complexity index is 398. The first-order chi connectivity index (χ1) is 7.19. The molecule has 0 amide bonds. The molecule has 0 radical (unpaired) electrons. The molecule has 1 rings (SSSR count). The van der Waals surface area contributed by atoms with Crippen molar-refractivity contribution in [2.45, 2.75) is 12.5 Å². The predicted molar refractivity (Wildman–Crippen MR) is 52.6 cm³/mol. The van der Waals surface area contributed by atoms with E-state index in [9.17, 15) is 4.79 Å². The number of esters is 1. The van der Waals surface area contributed by atoms with Crippen LogP contribution in [0, 0.1) is 11.3 Å². The predicted octanol–water partition coefficient (Wildman–Crippen LogP) is -0.00392. The molecule has 2 N–H and O–H groups in total. The molecule has 1 atom stereocenters. The van der Waals surface area contributed by atoms with Crippen molar-refractivity contribution in [1.82, 2.24) is 4.98 Å². The minimum absolute atomic E-state index is 0.253. The highest BCUT2D eigenvalue weighted by Crippen LogP contribution is 2.08. The molecular weight excluding hydrogens is 194 g/mol. The quantitative estimate of drug-likeness (QED) is 0.701. The molecule has 1 heterocycles. The Morgan fingerprint density at radius 1 is 1.80 bits per heavy atom. The SMILES string of the molecule is COC(=O)[C@@H](N)Cc1cnccc1C#N. The highest BCUT2D eigenvalue weighted by Gasteiger charge is 2.16. The van der Waals surface area contributed by atoms with Gasteiger partial charge >= 0.3 is 5.97 Å². The minimum atomic E-state index is -0.758. The molecule has 15 heavy (non-hydrogen) atoms. The van der Waals surface area contributed by atoms with Crippen LogP contribution in [0.15, 0.2) is 18.5 Å². The molecule has 0 spiro atoms. The van der Waals surface area contributed by atoms with Crippen molar-refractivity contribution in [3.05, 3.63) is 29.6 Å². The third-order valence-electron chi connectivity index (χ3n) is 1.97. The van der Waals surface area contributed by atoms with Gasteiger partial charge in [-0.15, -0.1) is 0 Å². The number of methoxy groups -OCH3 is 1. The Kier molecular flexibility index (Phi) is 3.77. The summed E-state index contributed by atoms with van der Waals surface area (Å²) in [5.74, 6) is -0.497. The average molecular weight is 205 g/mol. The van der Waals surface area contributed by atoms with Gasteiger partial charge in [0.1, 0.15) is 6.04 Å². The van der Waals surface area contributed by atoms with Crippen LogP contribution in [0.25, 0.3) is 0 Å². The number of carbonyl (C=O) groups excluding carboxylic acids is 1. The van der Waals surface area contributed by atoms with Gasteiger partial charge in [-0.3, -0.25) is 9.78 Å². The number of hydrogen-bond acceptors (Lipinski definition) is 5. The number of hydrogen-bond donors (Lipinski definition) is 1. The standard InChI is InChI=1S/C10H11N3O2/c1-15-10(14)9(12)4-8-6-13-3-2-7(8)5-11/h2-3,6,9H,4,12H2,1H3/t9-/m0/s1. The first kappa shape index (κ1) is 11.1. The second kappa shape index (κ2) is 5.08. The lowest BCUT2D eigenvalue weighted by molar-refractivity contribution is -0.142. The van der Waals surface area contributed by atoms with Gasteiger partial charge in [0, 0.05) is 18.8 Å². The molecule has 0 aliphatic rings. The van der Waals surface area contributed by atoms with Gasteiger partial charge in [-0.2, -0.15) is 5.26 Å². The summed E-state index contributed by atoms with van der Waals surface area (Å²) in [6, 6.07) is 2.83. The summed E-state index contributed by atoms with van der Waals surface area (Å²) in [5.41, 5.74) is 6.70. The van der Waals surface area contributed by atoms with E-state index in [0.29, 0.717) is 11.1 Å². The van der Waals surface area contributed by atoms with Crippen molar-refractivity contribution in [2.24, 2.45) is 5.73 Å². The van der Waals surface area contributed by atoms with E-state index in [0.717, 1.165) is 0 Å². The second-order valence-corrected chi connectivity index (χ2v) is 2.98. The molecule has 0 saturated heterocycles. The molecule has 0 aromatic carbocycles. The van der Waals surface area contributed by atoms with Crippen LogP contribution in [0.5, 0.6) is 0 Å². The summed E-state index contributed by atoms with van der Waals surface area (Å²) < 4.78 is 4.49. The number of carbonyl (C=O) groups is 1. The van der Waals surface area contributed by atoms with Crippen LogP contribution in [-0.4, -0.2) is 24.1 Å². The number of ether oxygens (including phenoxy) is 1. The number of nitrogens with two attached hydrogens (primary N) is 1. The van der Waals surface area contributed by atoms with Gasteiger partial charge < -0.3 is 10.5 Å². The number of rotatable bonds is 3. The van der Waals surface area contributed by atoms with E-state index in [-0.39, 0.29) is 6.42 Å². The summed E-state index contributed by atoms with van der Waals surface area (Å²) in [4.78, 5) is 14.9. The second-order valence-electron chi connectivity index (χ2n) is 2.98. The Labute approximate surface area is 87.5 Å². The van der Waals surface area contributed by atoms with Crippen molar-refractivity contribution >= 4 is 5.97 Å². The van der Waals surface area contributed by atoms with Gasteiger partial charge in [-0.1, -0.05) is 0 Å². The van der Waals surface area contributed by atoms with Crippen LogP contribution < -0.4 is 5.73 Å². The molecule has 5 nitrogen and oxygen atoms in total. The molecular formula is C10H11N3O2. The van der Waals surface area contributed by atoms with Crippen molar-refractivity contribution in [1.29, 1.82) is 5.26 Å². The molecule has 0 bridgehead atoms. The first-order valence-electron chi connectivity index (χ1n) is 4.35. The summed E-state index contributed by atoms with van der Waals surface area (Å²) in [6.07, 6.45) is 3.30. The fourth-order valence-electron chi connectivity index (χ4n) is 1.17. The monoisotopic (exact) mass is 205 g/mol. The van der Waals surface area contributed by atoms with Crippen molar-refractivity contribution in [3.8, 4) is 6.07 Å². The molecule has 0 aliphatic carbocycles. The Balaban J connectivity index is 2.81. The van der Waals surface area contributed by atoms with Gasteiger partial charge in [0.2, 0.25) is 0 Å². The maximum atomic E-state index is 11.1. The zero-order chi connectivity index (χ0) is 11.3. The summed E-state index contributed by atoms with van der Waals surface area (Å²) in [6.45, 7) is 0. The fraction of sp³-hybridized carbons (Fsp3) is 0.300. The van der Waals surface area contributed by atoms with Gasteiger partial charge in [-0.25, -0.2) is 0 Å². The largest absolute Gasteiger partial charge is 0.468 e. The van der Waals surface area contributed by atoms with Crippen molar-refractivity contribution in [2.75, 3.05) is 7.11 Å². The van der Waals surface area contributed by atoms with Crippen LogP contribution in [0.2, 0.25) is 0 Å². The summed E-state index contributed by atoms with van der Waals surface area (Å²) >= 11 is 0. The normalized spacial score (nSPS) is 11.5. The Morgan fingerprint density at radius 3 is 3.13 bits per heavy atom. The van der Waals surface area contributed by atoms with E-state index in [1.807, 2.05) is 6.07 Å². The first-order valence-corrected chi connectivity index (χ1v) is 4.35. The Hall–Kier alpha value is -1.93. The zero-order valence-electron chi connectivity index (χ0n) is 8.30. The van der Waals surface area contributed by atoms with E-state index in [1.165, 1.54) is 19.5 Å². The van der Waals surface area contributed by atoms with E-state index in [1.54, 1.807) is 6.07 Å². The lowest BCUT2D eigenvalue weighted by Gasteiger charge is -2.09. The van der Waals surface area contributed by atoms with Gasteiger partial charge in [-0.05, 0) is 11.6 Å².